The number of hydrogen-bond acceptors (Lipinski definition) is 3. The number of fused-ring (bicyclic) bond motifs is 1. The highest BCUT2D eigenvalue weighted by Gasteiger charge is 2.44. The molecule has 0 N–H and O–H groups in total. The van der Waals surface area contributed by atoms with Crippen LogP contribution in [-0.4, -0.2) is 26.5 Å². The van der Waals surface area contributed by atoms with Gasteiger partial charge in [-0.1, -0.05) is 13.8 Å². The van der Waals surface area contributed by atoms with Crippen LogP contribution in [0.2, 0.25) is 18.1 Å². The fourth-order valence-corrected chi connectivity index (χ4v) is 6.46. The van der Waals surface area contributed by atoms with E-state index in [9.17, 15) is 4.79 Å². The number of carbonyl (C=O) groups excluding carboxylic acids is 1. The SMILES string of the molecule is CC[Si](CC)(CCC1CCC2OC2C1)OC(C)=O. The zero-order chi connectivity index (χ0) is 13.2. The normalized spacial score (nSPS) is 30.7. The second kappa shape index (κ2) is 5.74. The molecule has 1 heterocycles. The first-order valence-corrected chi connectivity index (χ1v) is 9.96. The van der Waals surface area contributed by atoms with Crippen molar-refractivity contribution in [2.75, 3.05) is 0 Å². The van der Waals surface area contributed by atoms with Gasteiger partial charge in [0.05, 0.1) is 12.2 Å². The molecule has 0 amide bonds. The molecule has 2 aliphatic rings. The van der Waals surface area contributed by atoms with Crippen LogP contribution in [0.25, 0.3) is 0 Å². The molecule has 0 spiro atoms. The van der Waals surface area contributed by atoms with Crippen molar-refractivity contribution < 1.29 is 14.0 Å². The summed E-state index contributed by atoms with van der Waals surface area (Å²) in [6, 6.07) is 3.25. The quantitative estimate of drug-likeness (QED) is 0.548. The first kappa shape index (κ1) is 14.1. The maximum Gasteiger partial charge on any atom is 0.289 e. The lowest BCUT2D eigenvalue weighted by atomic mass is 9.88. The average molecular weight is 270 g/mol. The van der Waals surface area contributed by atoms with E-state index in [1.165, 1.54) is 25.7 Å². The van der Waals surface area contributed by atoms with Gasteiger partial charge in [-0.3, -0.25) is 4.79 Å². The smallest absolute Gasteiger partial charge is 0.289 e. The molecule has 1 aliphatic heterocycles. The van der Waals surface area contributed by atoms with Crippen LogP contribution in [0.15, 0.2) is 0 Å². The average Bonchev–Trinajstić information content (AvgIpc) is 3.12. The maximum absolute atomic E-state index is 11.3. The van der Waals surface area contributed by atoms with Crippen molar-refractivity contribution in [3.8, 4) is 0 Å². The summed E-state index contributed by atoms with van der Waals surface area (Å²) in [5.41, 5.74) is 0. The van der Waals surface area contributed by atoms with Gasteiger partial charge < -0.3 is 9.16 Å². The van der Waals surface area contributed by atoms with Gasteiger partial charge in [-0.05, 0) is 49.7 Å². The number of hydrogen-bond donors (Lipinski definition) is 0. The summed E-state index contributed by atoms with van der Waals surface area (Å²) < 4.78 is 11.3. The Balaban J connectivity index is 1.82. The molecule has 104 valence electrons. The van der Waals surface area contributed by atoms with Gasteiger partial charge in [0.1, 0.15) is 0 Å². The maximum atomic E-state index is 11.3. The Bertz CT molecular complexity index is 301. The Morgan fingerprint density at radius 1 is 1.28 bits per heavy atom. The zero-order valence-electron chi connectivity index (χ0n) is 11.9. The molecule has 0 aromatic heterocycles. The number of epoxide rings is 1. The van der Waals surface area contributed by atoms with Gasteiger partial charge in [0, 0.05) is 6.92 Å². The Morgan fingerprint density at radius 2 is 2.00 bits per heavy atom. The molecule has 1 aliphatic carbocycles. The highest BCUT2D eigenvalue weighted by molar-refractivity contribution is 6.75. The second-order valence-corrected chi connectivity index (χ2v) is 10.4. The standard InChI is InChI=1S/C14H26O3Si/c1-4-18(5-2,17-11(3)15)9-8-12-6-7-13-14(10-12)16-13/h12-14H,4-10H2,1-3H3. The molecule has 2 fully saturated rings. The summed E-state index contributed by atoms with van der Waals surface area (Å²) in [6.07, 6.45) is 6.18. The van der Waals surface area contributed by atoms with E-state index in [2.05, 4.69) is 13.8 Å². The molecule has 0 bridgehead atoms. The van der Waals surface area contributed by atoms with Crippen LogP contribution in [-0.2, 0) is 14.0 Å². The van der Waals surface area contributed by atoms with Crippen LogP contribution in [0.3, 0.4) is 0 Å². The molecule has 0 aromatic carbocycles. The van der Waals surface area contributed by atoms with Crippen LogP contribution in [0, 0.1) is 5.92 Å². The molecule has 4 heteroatoms. The van der Waals surface area contributed by atoms with Crippen molar-refractivity contribution in [1.82, 2.24) is 0 Å². The van der Waals surface area contributed by atoms with Gasteiger partial charge in [0.2, 0.25) is 0 Å². The lowest BCUT2D eigenvalue weighted by Gasteiger charge is -2.30. The van der Waals surface area contributed by atoms with Crippen LogP contribution in [0.5, 0.6) is 0 Å². The van der Waals surface area contributed by atoms with E-state index >= 15 is 0 Å². The summed E-state index contributed by atoms with van der Waals surface area (Å²) >= 11 is 0. The van der Waals surface area contributed by atoms with Crippen LogP contribution in [0.4, 0.5) is 0 Å². The molecule has 0 radical (unpaired) electrons. The van der Waals surface area contributed by atoms with Gasteiger partial charge >= 0.3 is 0 Å². The third-order valence-electron chi connectivity index (χ3n) is 4.77. The molecule has 0 aromatic rings. The van der Waals surface area contributed by atoms with Gasteiger partial charge in [0.15, 0.2) is 0 Å². The molecule has 18 heavy (non-hydrogen) atoms. The zero-order valence-corrected chi connectivity index (χ0v) is 12.9. The monoisotopic (exact) mass is 270 g/mol. The Kier molecular flexibility index (Phi) is 4.48. The van der Waals surface area contributed by atoms with E-state index in [0.717, 1.165) is 24.1 Å². The minimum Gasteiger partial charge on any atom is -0.519 e. The molecular weight excluding hydrogens is 244 g/mol. The van der Waals surface area contributed by atoms with Crippen LogP contribution >= 0.6 is 0 Å². The molecule has 3 unspecified atom stereocenters. The summed E-state index contributed by atoms with van der Waals surface area (Å²) in [5, 5.41) is 0. The summed E-state index contributed by atoms with van der Waals surface area (Å²) in [4.78, 5) is 11.3. The van der Waals surface area contributed by atoms with E-state index in [-0.39, 0.29) is 5.97 Å². The van der Waals surface area contributed by atoms with Crippen LogP contribution < -0.4 is 0 Å². The molecule has 3 atom stereocenters. The van der Waals surface area contributed by atoms with Crippen molar-refractivity contribution >= 4 is 14.3 Å². The van der Waals surface area contributed by atoms with Crippen molar-refractivity contribution in [2.45, 2.75) is 76.8 Å². The molecular formula is C14H26O3Si. The predicted molar refractivity (Wildman–Crippen MR) is 73.9 cm³/mol. The fraction of sp³-hybridized carbons (Fsp3) is 0.929. The van der Waals surface area contributed by atoms with Gasteiger partial charge in [0.25, 0.3) is 14.3 Å². The van der Waals surface area contributed by atoms with Gasteiger partial charge in [-0.2, -0.15) is 0 Å². The molecule has 1 saturated heterocycles. The van der Waals surface area contributed by atoms with E-state index in [1.54, 1.807) is 6.92 Å². The Hall–Kier alpha value is -0.353. The summed E-state index contributed by atoms with van der Waals surface area (Å²) in [6.45, 7) is 5.91. The lowest BCUT2D eigenvalue weighted by Crippen LogP contribution is -2.39. The molecule has 2 rings (SSSR count). The Morgan fingerprint density at radius 3 is 2.56 bits per heavy atom. The third-order valence-corrected chi connectivity index (χ3v) is 9.27. The number of rotatable bonds is 6. The second-order valence-electron chi connectivity index (χ2n) is 5.91. The number of ether oxygens (including phenoxy) is 1. The topological polar surface area (TPSA) is 38.8 Å². The Labute approximate surface area is 111 Å². The van der Waals surface area contributed by atoms with Gasteiger partial charge in [-0.15, -0.1) is 0 Å². The first-order valence-electron chi connectivity index (χ1n) is 7.43. The van der Waals surface area contributed by atoms with Crippen molar-refractivity contribution in [1.29, 1.82) is 0 Å². The summed E-state index contributed by atoms with van der Waals surface area (Å²) in [5.74, 6) is 0.717. The van der Waals surface area contributed by atoms with E-state index in [4.69, 9.17) is 9.16 Å². The minimum atomic E-state index is -1.79. The van der Waals surface area contributed by atoms with Crippen LogP contribution in [0.1, 0.15) is 46.5 Å². The fourth-order valence-electron chi connectivity index (χ4n) is 3.32. The minimum absolute atomic E-state index is 0.0837. The predicted octanol–water partition coefficient (Wildman–Crippen LogP) is 3.49. The molecule has 1 saturated carbocycles. The van der Waals surface area contributed by atoms with Crippen molar-refractivity contribution in [2.24, 2.45) is 5.92 Å². The highest BCUT2D eigenvalue weighted by atomic mass is 28.4. The van der Waals surface area contributed by atoms with E-state index in [0.29, 0.717) is 12.2 Å². The van der Waals surface area contributed by atoms with Gasteiger partial charge in [-0.25, -0.2) is 0 Å². The lowest BCUT2D eigenvalue weighted by molar-refractivity contribution is -0.132. The first-order chi connectivity index (χ1) is 8.58. The van der Waals surface area contributed by atoms with E-state index < -0.39 is 8.32 Å². The largest absolute Gasteiger partial charge is 0.519 e. The van der Waals surface area contributed by atoms with E-state index in [1.807, 2.05) is 0 Å². The van der Waals surface area contributed by atoms with Crippen molar-refractivity contribution in [3.63, 3.8) is 0 Å². The number of carbonyl (C=O) groups is 1. The summed E-state index contributed by atoms with van der Waals surface area (Å²) in [7, 11) is -1.79. The molecule has 3 nitrogen and oxygen atoms in total. The highest BCUT2D eigenvalue weighted by Crippen LogP contribution is 2.42. The third kappa shape index (κ3) is 3.35. The van der Waals surface area contributed by atoms with Crippen molar-refractivity contribution in [3.05, 3.63) is 0 Å².